The third-order valence-corrected chi connectivity index (χ3v) is 5.73. The topological polar surface area (TPSA) is 23.8 Å². The molecular formula is C20H15BrFN. The van der Waals surface area contributed by atoms with Crippen LogP contribution in [0.3, 0.4) is 0 Å². The molecule has 0 radical (unpaired) electrons. The first-order valence-corrected chi connectivity index (χ1v) is 8.57. The van der Waals surface area contributed by atoms with Gasteiger partial charge in [0.05, 0.1) is 6.07 Å². The molecule has 2 aromatic carbocycles. The molecule has 0 saturated heterocycles. The van der Waals surface area contributed by atoms with Crippen molar-refractivity contribution < 1.29 is 4.39 Å². The molecule has 1 nitrogen and oxygen atoms in total. The summed E-state index contributed by atoms with van der Waals surface area (Å²) in [6.45, 7) is 0. The summed E-state index contributed by atoms with van der Waals surface area (Å²) in [7, 11) is 0. The van der Waals surface area contributed by atoms with E-state index in [-0.39, 0.29) is 11.2 Å². The third kappa shape index (κ3) is 2.33. The lowest BCUT2D eigenvalue weighted by molar-refractivity contribution is 0.356. The van der Waals surface area contributed by atoms with E-state index in [9.17, 15) is 9.65 Å². The molecule has 23 heavy (non-hydrogen) atoms. The van der Waals surface area contributed by atoms with Gasteiger partial charge in [-0.1, -0.05) is 28.1 Å². The Hall–Kier alpha value is -1.92. The van der Waals surface area contributed by atoms with Crippen molar-refractivity contribution in [2.75, 3.05) is 0 Å². The lowest BCUT2D eigenvalue weighted by Gasteiger charge is -2.36. The Balaban J connectivity index is 1.82. The molecule has 0 fully saturated rings. The third-order valence-electron chi connectivity index (χ3n) is 5.24. The molecule has 0 saturated carbocycles. The summed E-state index contributed by atoms with van der Waals surface area (Å²) < 4.78 is 14.5. The zero-order valence-electron chi connectivity index (χ0n) is 12.6. The number of benzene rings is 2. The van der Waals surface area contributed by atoms with Gasteiger partial charge >= 0.3 is 0 Å². The van der Waals surface area contributed by atoms with E-state index in [0.717, 1.165) is 41.3 Å². The molecule has 114 valence electrons. The first kappa shape index (κ1) is 14.7. The van der Waals surface area contributed by atoms with Crippen molar-refractivity contribution in [2.45, 2.75) is 25.7 Å². The quantitative estimate of drug-likeness (QED) is 0.585. The van der Waals surface area contributed by atoms with Crippen LogP contribution < -0.4 is 0 Å². The Morgan fingerprint density at radius 3 is 2.70 bits per heavy atom. The summed E-state index contributed by atoms with van der Waals surface area (Å²) in [5.74, 6) is -0.161. The average molecular weight is 368 g/mol. The second kappa shape index (κ2) is 5.32. The van der Waals surface area contributed by atoms with Gasteiger partial charge in [-0.25, -0.2) is 4.39 Å². The predicted molar refractivity (Wildman–Crippen MR) is 92.3 cm³/mol. The van der Waals surface area contributed by atoms with Gasteiger partial charge < -0.3 is 0 Å². The molecule has 0 aliphatic heterocycles. The molecule has 0 aromatic heterocycles. The normalized spacial score (nSPS) is 23.6. The van der Waals surface area contributed by atoms with Crippen LogP contribution in [0.1, 0.15) is 28.7 Å². The van der Waals surface area contributed by atoms with E-state index in [0.29, 0.717) is 0 Å². The lowest BCUT2D eigenvalue weighted by atomic mass is 9.67. The van der Waals surface area contributed by atoms with Crippen molar-refractivity contribution in [3.05, 3.63) is 75.0 Å². The van der Waals surface area contributed by atoms with Crippen molar-refractivity contribution >= 4 is 21.5 Å². The molecule has 2 aliphatic carbocycles. The standard InChI is InChI=1S/C20H15BrFN/c21-16-3-1-15-12-20(19(6-8-23)18(15)10-16)7-5-13-9-17(22)4-2-14(13)11-20/h1-4,6,9-10H,5,7,11-12H2. The van der Waals surface area contributed by atoms with Crippen LogP contribution in [0.15, 0.2) is 46.9 Å². The van der Waals surface area contributed by atoms with E-state index in [2.05, 4.69) is 40.2 Å². The van der Waals surface area contributed by atoms with Gasteiger partial charge in [0.15, 0.2) is 0 Å². The van der Waals surface area contributed by atoms with Crippen molar-refractivity contribution in [1.82, 2.24) is 0 Å². The summed E-state index contributed by atoms with van der Waals surface area (Å²) in [4.78, 5) is 0. The number of fused-ring (bicyclic) bond motifs is 2. The highest BCUT2D eigenvalue weighted by molar-refractivity contribution is 9.10. The lowest BCUT2D eigenvalue weighted by Crippen LogP contribution is -2.29. The number of nitrogens with zero attached hydrogens (tertiary/aromatic N) is 1. The predicted octanol–water partition coefficient (Wildman–Crippen LogP) is 5.23. The van der Waals surface area contributed by atoms with Crippen molar-refractivity contribution in [2.24, 2.45) is 5.41 Å². The molecule has 0 amide bonds. The van der Waals surface area contributed by atoms with Crippen LogP contribution in [-0.4, -0.2) is 0 Å². The van der Waals surface area contributed by atoms with Crippen molar-refractivity contribution in [1.29, 1.82) is 5.26 Å². The van der Waals surface area contributed by atoms with Gasteiger partial charge in [0.25, 0.3) is 0 Å². The molecule has 4 rings (SSSR count). The van der Waals surface area contributed by atoms with E-state index >= 15 is 0 Å². The summed E-state index contributed by atoms with van der Waals surface area (Å²) in [6.07, 6.45) is 5.38. The molecule has 1 spiro atoms. The van der Waals surface area contributed by atoms with E-state index in [1.807, 2.05) is 6.07 Å². The highest BCUT2D eigenvalue weighted by atomic mass is 79.9. The maximum Gasteiger partial charge on any atom is 0.123 e. The number of hydrogen-bond donors (Lipinski definition) is 0. The van der Waals surface area contributed by atoms with Crippen molar-refractivity contribution in [3.8, 4) is 6.07 Å². The number of halogens is 2. The largest absolute Gasteiger partial charge is 0.207 e. The Labute approximate surface area is 143 Å². The molecule has 3 heteroatoms. The molecule has 1 unspecified atom stereocenters. The summed E-state index contributed by atoms with van der Waals surface area (Å²) in [6, 6.07) is 13.7. The van der Waals surface area contributed by atoms with Crippen LogP contribution in [0.5, 0.6) is 0 Å². The van der Waals surface area contributed by atoms with Crippen LogP contribution in [0.25, 0.3) is 5.57 Å². The van der Waals surface area contributed by atoms with Gasteiger partial charge in [0, 0.05) is 16.0 Å². The second-order valence-electron chi connectivity index (χ2n) is 6.54. The number of rotatable bonds is 0. The minimum absolute atomic E-state index is 0.0241. The molecule has 2 aliphatic rings. The fraction of sp³-hybridized carbons (Fsp3) is 0.250. The van der Waals surface area contributed by atoms with E-state index < -0.39 is 0 Å². The summed E-state index contributed by atoms with van der Waals surface area (Å²) in [5.41, 5.74) is 5.94. The maximum absolute atomic E-state index is 13.5. The molecular weight excluding hydrogens is 353 g/mol. The monoisotopic (exact) mass is 367 g/mol. The van der Waals surface area contributed by atoms with Crippen LogP contribution in [0.2, 0.25) is 0 Å². The van der Waals surface area contributed by atoms with Crippen molar-refractivity contribution in [3.63, 3.8) is 0 Å². The van der Waals surface area contributed by atoms with Crippen LogP contribution in [0.4, 0.5) is 4.39 Å². The average Bonchev–Trinajstić information content (AvgIpc) is 2.81. The zero-order chi connectivity index (χ0) is 16.0. The maximum atomic E-state index is 13.5. The molecule has 0 N–H and O–H groups in total. The Kier molecular flexibility index (Phi) is 3.39. The first-order valence-electron chi connectivity index (χ1n) is 7.78. The minimum atomic E-state index is -0.161. The zero-order valence-corrected chi connectivity index (χ0v) is 14.2. The Morgan fingerprint density at radius 1 is 1.09 bits per heavy atom. The van der Waals surface area contributed by atoms with Gasteiger partial charge in [0.2, 0.25) is 0 Å². The van der Waals surface area contributed by atoms with E-state index in [1.165, 1.54) is 16.7 Å². The highest BCUT2D eigenvalue weighted by Gasteiger charge is 2.43. The highest BCUT2D eigenvalue weighted by Crippen LogP contribution is 2.54. The number of allylic oxidation sites excluding steroid dienone is 2. The summed E-state index contributed by atoms with van der Waals surface area (Å²) >= 11 is 3.54. The van der Waals surface area contributed by atoms with Gasteiger partial charge in [-0.15, -0.1) is 0 Å². The second-order valence-corrected chi connectivity index (χ2v) is 7.45. The summed E-state index contributed by atoms with van der Waals surface area (Å²) in [5, 5.41) is 9.28. The van der Waals surface area contributed by atoms with Crippen LogP contribution in [0, 0.1) is 22.6 Å². The van der Waals surface area contributed by atoms with Gasteiger partial charge in [-0.2, -0.15) is 5.26 Å². The fourth-order valence-corrected chi connectivity index (χ4v) is 4.56. The Bertz CT molecular complexity index is 878. The Morgan fingerprint density at radius 2 is 1.87 bits per heavy atom. The van der Waals surface area contributed by atoms with E-state index in [1.54, 1.807) is 18.2 Å². The molecule has 0 bridgehead atoms. The SMILES string of the molecule is N#CC=C1c2cc(Br)ccc2CC12CCc1cc(F)ccc1C2. The van der Waals surface area contributed by atoms with Crippen LogP contribution >= 0.6 is 15.9 Å². The van der Waals surface area contributed by atoms with Gasteiger partial charge in [0.1, 0.15) is 5.82 Å². The number of nitriles is 1. The van der Waals surface area contributed by atoms with E-state index in [4.69, 9.17) is 0 Å². The molecule has 1 atom stereocenters. The fourth-order valence-electron chi connectivity index (χ4n) is 4.20. The number of hydrogen-bond acceptors (Lipinski definition) is 1. The minimum Gasteiger partial charge on any atom is -0.207 e. The van der Waals surface area contributed by atoms with Crippen LogP contribution in [-0.2, 0) is 19.3 Å². The smallest absolute Gasteiger partial charge is 0.123 e. The molecule has 0 heterocycles. The number of aryl methyl sites for hydroxylation is 1. The molecule has 2 aromatic rings. The first-order chi connectivity index (χ1) is 11.1. The van der Waals surface area contributed by atoms with Gasteiger partial charge in [-0.05, 0) is 77.8 Å². The van der Waals surface area contributed by atoms with Gasteiger partial charge in [-0.3, -0.25) is 0 Å².